The van der Waals surface area contributed by atoms with Crippen molar-refractivity contribution < 1.29 is 4.79 Å². The molecule has 16 heavy (non-hydrogen) atoms. The van der Waals surface area contributed by atoms with Crippen molar-refractivity contribution in [3.63, 3.8) is 0 Å². The smallest absolute Gasteiger partial charge is 0.169 e. The molecule has 3 nitrogen and oxygen atoms in total. The highest BCUT2D eigenvalue weighted by Gasteiger charge is 2.18. The van der Waals surface area contributed by atoms with Gasteiger partial charge in [0.2, 0.25) is 0 Å². The average Bonchev–Trinajstić information content (AvgIpc) is 2.78. The van der Waals surface area contributed by atoms with Crippen molar-refractivity contribution in [1.82, 2.24) is 9.78 Å². The Bertz CT molecular complexity index is 330. The van der Waals surface area contributed by atoms with Gasteiger partial charge in [0.05, 0.1) is 11.8 Å². The molecule has 0 fully saturated rings. The minimum atomic E-state index is 0.175. The minimum Gasteiger partial charge on any atom is -0.294 e. The van der Waals surface area contributed by atoms with Crippen LogP contribution in [0.4, 0.5) is 0 Å². The van der Waals surface area contributed by atoms with Crippen molar-refractivity contribution in [3.8, 4) is 0 Å². The Labute approximate surface area is 97.8 Å². The van der Waals surface area contributed by atoms with E-state index in [4.69, 9.17) is 0 Å². The quantitative estimate of drug-likeness (QED) is 0.663. The highest BCUT2D eigenvalue weighted by atomic mass is 16.1. The molecule has 1 rings (SSSR count). The van der Waals surface area contributed by atoms with Crippen LogP contribution in [0.2, 0.25) is 0 Å². The van der Waals surface area contributed by atoms with Gasteiger partial charge in [-0.25, -0.2) is 0 Å². The van der Waals surface area contributed by atoms with Gasteiger partial charge >= 0.3 is 0 Å². The molecule has 0 saturated carbocycles. The molecule has 0 N–H and O–H groups in total. The summed E-state index contributed by atoms with van der Waals surface area (Å²) in [5.74, 6) is 0.435. The predicted molar refractivity (Wildman–Crippen MR) is 65.5 cm³/mol. The number of unbranched alkanes of at least 4 members (excludes halogenated alkanes) is 1. The van der Waals surface area contributed by atoms with E-state index in [1.54, 1.807) is 10.9 Å². The van der Waals surface area contributed by atoms with Gasteiger partial charge in [-0.3, -0.25) is 9.48 Å². The first-order valence-corrected chi connectivity index (χ1v) is 6.29. The lowest BCUT2D eigenvalue weighted by Gasteiger charge is -2.11. The molecule has 0 spiro atoms. The Morgan fingerprint density at radius 1 is 1.44 bits per heavy atom. The van der Waals surface area contributed by atoms with Crippen LogP contribution in [-0.4, -0.2) is 15.6 Å². The maximum Gasteiger partial charge on any atom is 0.169 e. The van der Waals surface area contributed by atoms with E-state index in [9.17, 15) is 4.79 Å². The number of aromatic nitrogens is 2. The Morgan fingerprint density at radius 3 is 2.69 bits per heavy atom. The van der Waals surface area contributed by atoms with E-state index in [0.29, 0.717) is 0 Å². The lowest BCUT2D eigenvalue weighted by Crippen LogP contribution is -2.13. The molecular weight excluding hydrogens is 200 g/mol. The summed E-state index contributed by atoms with van der Waals surface area (Å²) < 4.78 is 1.81. The second-order valence-corrected chi connectivity index (χ2v) is 4.20. The molecule has 1 aromatic heterocycles. The summed E-state index contributed by atoms with van der Waals surface area (Å²) in [5.41, 5.74) is 0.768. The third kappa shape index (κ3) is 3.19. The molecular formula is C13H22N2O. The number of Topliss-reactive ketones (excluding diaryl/α,β-unsaturated/α-hetero) is 1. The number of ketones is 1. The number of rotatable bonds is 7. The third-order valence-corrected chi connectivity index (χ3v) is 3.01. The van der Waals surface area contributed by atoms with Gasteiger partial charge in [-0.1, -0.05) is 26.7 Å². The zero-order valence-corrected chi connectivity index (χ0v) is 10.6. The number of hydrogen-bond acceptors (Lipinski definition) is 2. The van der Waals surface area contributed by atoms with Crippen molar-refractivity contribution in [3.05, 3.63) is 18.0 Å². The fraction of sp³-hybridized carbons (Fsp3) is 0.692. The Hall–Kier alpha value is -1.12. The molecule has 1 atom stereocenters. The van der Waals surface area contributed by atoms with Gasteiger partial charge < -0.3 is 0 Å². The van der Waals surface area contributed by atoms with Crippen molar-refractivity contribution in [2.45, 2.75) is 53.0 Å². The van der Waals surface area contributed by atoms with Crippen LogP contribution >= 0.6 is 0 Å². The molecule has 1 unspecified atom stereocenters. The second kappa shape index (κ2) is 6.46. The van der Waals surface area contributed by atoms with Crippen LogP contribution in [0.25, 0.3) is 0 Å². The van der Waals surface area contributed by atoms with Gasteiger partial charge in [-0.2, -0.15) is 5.10 Å². The van der Waals surface area contributed by atoms with Crippen LogP contribution < -0.4 is 0 Å². The fourth-order valence-electron chi connectivity index (χ4n) is 1.87. The van der Waals surface area contributed by atoms with E-state index >= 15 is 0 Å². The van der Waals surface area contributed by atoms with E-state index < -0.39 is 0 Å². The van der Waals surface area contributed by atoms with E-state index in [2.05, 4.69) is 18.9 Å². The van der Waals surface area contributed by atoms with Crippen molar-refractivity contribution in [2.75, 3.05) is 0 Å². The SMILES string of the molecule is CCCCC(CC)C(=O)c1cnn(CC)c1. The standard InChI is InChI=1S/C13H22N2O/c1-4-7-8-11(5-2)13(16)12-9-14-15(6-3)10-12/h9-11H,4-8H2,1-3H3. The van der Waals surface area contributed by atoms with E-state index in [0.717, 1.165) is 37.8 Å². The van der Waals surface area contributed by atoms with E-state index in [1.807, 2.05) is 13.1 Å². The van der Waals surface area contributed by atoms with Crippen LogP contribution in [0, 0.1) is 5.92 Å². The van der Waals surface area contributed by atoms with Gasteiger partial charge in [0.1, 0.15) is 0 Å². The van der Waals surface area contributed by atoms with Gasteiger partial charge in [0, 0.05) is 18.7 Å². The third-order valence-electron chi connectivity index (χ3n) is 3.01. The van der Waals surface area contributed by atoms with E-state index in [-0.39, 0.29) is 11.7 Å². The highest BCUT2D eigenvalue weighted by Crippen LogP contribution is 2.18. The molecule has 1 aromatic rings. The average molecular weight is 222 g/mol. The van der Waals surface area contributed by atoms with E-state index in [1.165, 1.54) is 0 Å². The number of nitrogens with zero attached hydrogens (tertiary/aromatic N) is 2. The summed E-state index contributed by atoms with van der Waals surface area (Å²) in [5, 5.41) is 4.15. The lowest BCUT2D eigenvalue weighted by molar-refractivity contribution is 0.0908. The molecule has 1 heterocycles. The molecule has 0 aromatic carbocycles. The second-order valence-electron chi connectivity index (χ2n) is 4.20. The van der Waals surface area contributed by atoms with Crippen molar-refractivity contribution >= 4 is 5.78 Å². The Kier molecular flexibility index (Phi) is 5.23. The fourth-order valence-corrected chi connectivity index (χ4v) is 1.87. The van der Waals surface area contributed by atoms with Gasteiger partial charge in [0.15, 0.2) is 5.78 Å². The zero-order chi connectivity index (χ0) is 12.0. The molecule has 0 bridgehead atoms. The summed E-state index contributed by atoms with van der Waals surface area (Å²) in [6.07, 6.45) is 7.76. The van der Waals surface area contributed by atoms with Gasteiger partial charge in [-0.05, 0) is 19.8 Å². The summed E-state index contributed by atoms with van der Waals surface area (Å²) in [4.78, 5) is 12.2. The highest BCUT2D eigenvalue weighted by molar-refractivity contribution is 5.97. The number of carbonyl (C=O) groups excluding carboxylic acids is 1. The molecule has 0 saturated heterocycles. The topological polar surface area (TPSA) is 34.9 Å². The van der Waals surface area contributed by atoms with Crippen LogP contribution in [0.3, 0.4) is 0 Å². The molecule has 0 aliphatic carbocycles. The van der Waals surface area contributed by atoms with Gasteiger partial charge in [0.25, 0.3) is 0 Å². The molecule has 0 aliphatic rings. The molecule has 0 aliphatic heterocycles. The lowest BCUT2D eigenvalue weighted by atomic mass is 9.92. The largest absolute Gasteiger partial charge is 0.294 e. The normalized spacial score (nSPS) is 12.7. The van der Waals surface area contributed by atoms with Crippen LogP contribution in [0.5, 0.6) is 0 Å². The molecule has 3 heteroatoms. The number of hydrogen-bond donors (Lipinski definition) is 0. The van der Waals surface area contributed by atoms with Crippen molar-refractivity contribution in [1.29, 1.82) is 0 Å². The van der Waals surface area contributed by atoms with Crippen LogP contribution in [0.15, 0.2) is 12.4 Å². The van der Waals surface area contributed by atoms with Gasteiger partial charge in [-0.15, -0.1) is 0 Å². The summed E-state index contributed by atoms with van der Waals surface area (Å²) in [6, 6.07) is 0. The van der Waals surface area contributed by atoms with Crippen molar-refractivity contribution in [2.24, 2.45) is 5.92 Å². The number of carbonyl (C=O) groups is 1. The first kappa shape index (κ1) is 12.9. The van der Waals surface area contributed by atoms with Crippen LogP contribution in [-0.2, 0) is 6.54 Å². The summed E-state index contributed by atoms with van der Waals surface area (Å²) in [6.45, 7) is 7.09. The summed E-state index contributed by atoms with van der Waals surface area (Å²) in [7, 11) is 0. The molecule has 90 valence electrons. The molecule has 0 amide bonds. The summed E-state index contributed by atoms with van der Waals surface area (Å²) >= 11 is 0. The van der Waals surface area contributed by atoms with Crippen LogP contribution in [0.1, 0.15) is 56.8 Å². The minimum absolute atomic E-state index is 0.175. The monoisotopic (exact) mass is 222 g/mol. The maximum absolute atomic E-state index is 12.2. The zero-order valence-electron chi connectivity index (χ0n) is 10.6. The molecule has 0 radical (unpaired) electrons. The maximum atomic E-state index is 12.2. The predicted octanol–water partition coefficient (Wildman–Crippen LogP) is 3.30. The number of aryl methyl sites for hydroxylation is 1. The Balaban J connectivity index is 2.66. The Morgan fingerprint density at radius 2 is 2.19 bits per heavy atom. The first-order chi connectivity index (χ1) is 7.72. The first-order valence-electron chi connectivity index (χ1n) is 6.29.